The van der Waals surface area contributed by atoms with Crippen molar-refractivity contribution >= 4 is 33.0 Å². The minimum absolute atomic E-state index is 0.123. The Labute approximate surface area is 190 Å². The number of amides is 1. The summed E-state index contributed by atoms with van der Waals surface area (Å²) < 4.78 is 41.0. The van der Waals surface area contributed by atoms with Crippen molar-refractivity contribution in [2.24, 2.45) is 0 Å². The van der Waals surface area contributed by atoms with Crippen LogP contribution in [0.3, 0.4) is 0 Å². The van der Waals surface area contributed by atoms with E-state index in [9.17, 15) is 17.6 Å². The van der Waals surface area contributed by atoms with Crippen LogP contribution in [0.2, 0.25) is 0 Å². The lowest BCUT2D eigenvalue weighted by Crippen LogP contribution is -2.30. The second kappa shape index (κ2) is 9.43. The molecule has 0 unspecified atom stereocenters. The molecule has 3 aromatic rings. The average Bonchev–Trinajstić information content (AvgIpc) is 3.46. The monoisotopic (exact) mass is 474 g/mol. The van der Waals surface area contributed by atoms with Crippen molar-refractivity contribution < 1.29 is 17.6 Å². The van der Waals surface area contributed by atoms with E-state index in [1.807, 2.05) is 12.1 Å². The molecular formula is C22H23FN4O3S2. The van der Waals surface area contributed by atoms with Gasteiger partial charge in [-0.1, -0.05) is 36.8 Å². The van der Waals surface area contributed by atoms with E-state index in [1.165, 1.54) is 28.6 Å². The Hall–Kier alpha value is -2.69. The maximum atomic E-state index is 13.3. The molecule has 0 spiro atoms. The van der Waals surface area contributed by atoms with Gasteiger partial charge in [-0.15, -0.1) is 10.2 Å². The van der Waals surface area contributed by atoms with E-state index in [2.05, 4.69) is 22.4 Å². The number of anilines is 1. The van der Waals surface area contributed by atoms with E-state index < -0.39 is 27.8 Å². The highest BCUT2D eigenvalue weighted by atomic mass is 32.2. The van der Waals surface area contributed by atoms with Gasteiger partial charge in [-0.2, -0.15) is 4.31 Å². The third-order valence-corrected chi connectivity index (χ3v) is 8.24. The SMILES string of the molecule is CCCc1ccc(S(=O)(=O)N2CCC[C@H]2c2nnc(C(=O)Nc3ccc(F)cc3)s2)cc1. The minimum Gasteiger partial charge on any atom is -0.320 e. The van der Waals surface area contributed by atoms with Gasteiger partial charge in [0.05, 0.1) is 10.9 Å². The Morgan fingerprint density at radius 1 is 1.16 bits per heavy atom. The summed E-state index contributed by atoms with van der Waals surface area (Å²) in [5.41, 5.74) is 1.54. The van der Waals surface area contributed by atoms with Crippen LogP contribution in [0, 0.1) is 5.82 Å². The van der Waals surface area contributed by atoms with Crippen LogP contribution in [0.1, 0.15) is 52.6 Å². The van der Waals surface area contributed by atoms with Crippen molar-refractivity contribution in [1.29, 1.82) is 0 Å². The van der Waals surface area contributed by atoms with Gasteiger partial charge < -0.3 is 5.32 Å². The van der Waals surface area contributed by atoms with E-state index in [4.69, 9.17) is 0 Å². The van der Waals surface area contributed by atoms with E-state index in [-0.39, 0.29) is 9.90 Å². The van der Waals surface area contributed by atoms with Crippen LogP contribution in [0.5, 0.6) is 0 Å². The van der Waals surface area contributed by atoms with Gasteiger partial charge in [0, 0.05) is 12.2 Å². The molecule has 32 heavy (non-hydrogen) atoms. The van der Waals surface area contributed by atoms with E-state index in [0.717, 1.165) is 29.7 Å². The largest absolute Gasteiger partial charge is 0.320 e. The second-order valence-electron chi connectivity index (χ2n) is 7.57. The van der Waals surface area contributed by atoms with Crippen LogP contribution < -0.4 is 5.32 Å². The summed E-state index contributed by atoms with van der Waals surface area (Å²) >= 11 is 1.07. The number of halogens is 1. The summed E-state index contributed by atoms with van der Waals surface area (Å²) in [5.74, 6) is -0.872. The van der Waals surface area contributed by atoms with Crippen molar-refractivity contribution in [3.8, 4) is 0 Å². The van der Waals surface area contributed by atoms with Crippen LogP contribution in [0.4, 0.5) is 10.1 Å². The Morgan fingerprint density at radius 3 is 2.56 bits per heavy atom. The number of aromatic nitrogens is 2. The first kappa shape index (κ1) is 22.5. The van der Waals surface area contributed by atoms with Crippen molar-refractivity contribution in [3.63, 3.8) is 0 Å². The van der Waals surface area contributed by atoms with Crippen molar-refractivity contribution in [2.45, 2.75) is 43.5 Å². The molecule has 1 fully saturated rings. The minimum atomic E-state index is -3.70. The second-order valence-corrected chi connectivity index (χ2v) is 10.5. The molecule has 1 aliphatic rings. The number of nitrogens with one attached hydrogen (secondary N) is 1. The summed E-state index contributed by atoms with van der Waals surface area (Å²) in [6.07, 6.45) is 3.21. The predicted molar refractivity (Wildman–Crippen MR) is 121 cm³/mol. The molecule has 1 aromatic heterocycles. The van der Waals surface area contributed by atoms with Crippen molar-refractivity contribution in [2.75, 3.05) is 11.9 Å². The lowest BCUT2D eigenvalue weighted by molar-refractivity contribution is 0.102. The Bertz CT molecular complexity index is 1190. The summed E-state index contributed by atoms with van der Waals surface area (Å²) in [6.45, 7) is 2.47. The van der Waals surface area contributed by atoms with Crippen molar-refractivity contribution in [3.05, 3.63) is 69.9 Å². The highest BCUT2D eigenvalue weighted by Crippen LogP contribution is 2.37. The topological polar surface area (TPSA) is 92.3 Å². The molecular weight excluding hydrogens is 451 g/mol. The predicted octanol–water partition coefficient (Wildman–Crippen LogP) is 4.41. The number of hydrogen-bond donors (Lipinski definition) is 1. The van der Waals surface area contributed by atoms with Crippen LogP contribution in [0.25, 0.3) is 0 Å². The Kier molecular flexibility index (Phi) is 6.63. The first-order valence-corrected chi connectivity index (χ1v) is 12.6. The fourth-order valence-corrected chi connectivity index (χ4v) is 6.32. The molecule has 1 aliphatic heterocycles. The molecule has 1 amide bonds. The fraction of sp³-hybridized carbons (Fsp3) is 0.318. The normalized spacial score (nSPS) is 16.9. The van der Waals surface area contributed by atoms with Gasteiger partial charge in [0.1, 0.15) is 10.8 Å². The van der Waals surface area contributed by atoms with Gasteiger partial charge in [0.25, 0.3) is 5.91 Å². The maximum absolute atomic E-state index is 13.3. The maximum Gasteiger partial charge on any atom is 0.286 e. The van der Waals surface area contributed by atoms with E-state index >= 15 is 0 Å². The molecule has 0 aliphatic carbocycles. The van der Waals surface area contributed by atoms with Crippen LogP contribution in [-0.4, -0.2) is 35.4 Å². The van der Waals surface area contributed by atoms with Crippen LogP contribution in [0.15, 0.2) is 53.4 Å². The highest BCUT2D eigenvalue weighted by Gasteiger charge is 2.38. The molecule has 0 radical (unpaired) electrons. The molecule has 168 valence electrons. The fourth-order valence-electron chi connectivity index (χ4n) is 3.71. The van der Waals surface area contributed by atoms with Gasteiger partial charge in [0.2, 0.25) is 15.0 Å². The Balaban J connectivity index is 1.51. The first-order chi connectivity index (χ1) is 15.4. The zero-order valence-electron chi connectivity index (χ0n) is 17.5. The smallest absolute Gasteiger partial charge is 0.286 e. The molecule has 1 N–H and O–H groups in total. The quantitative estimate of drug-likeness (QED) is 0.548. The molecule has 10 heteroatoms. The Morgan fingerprint density at radius 2 is 1.88 bits per heavy atom. The van der Waals surface area contributed by atoms with E-state index in [0.29, 0.717) is 30.1 Å². The molecule has 2 aromatic carbocycles. The summed E-state index contributed by atoms with van der Waals surface area (Å²) in [5, 5.41) is 11.3. The van der Waals surface area contributed by atoms with Gasteiger partial charge in [-0.05, 0) is 61.2 Å². The molecule has 0 saturated carbocycles. The standard InChI is InChI=1S/C22H23FN4O3S2/c1-2-4-15-6-12-18(13-7-15)32(29,30)27-14-3-5-19(27)21-25-26-22(31-21)20(28)24-17-10-8-16(23)9-11-17/h6-13,19H,2-5,14H2,1H3,(H,24,28)/t19-/m0/s1. The number of nitrogens with zero attached hydrogens (tertiary/aromatic N) is 3. The number of hydrogen-bond acceptors (Lipinski definition) is 6. The molecule has 1 saturated heterocycles. The molecule has 4 rings (SSSR count). The third-order valence-electron chi connectivity index (χ3n) is 5.29. The van der Waals surface area contributed by atoms with Gasteiger partial charge in [-0.25, -0.2) is 12.8 Å². The zero-order chi connectivity index (χ0) is 22.7. The van der Waals surface area contributed by atoms with E-state index in [1.54, 1.807) is 12.1 Å². The number of aryl methyl sites for hydroxylation is 1. The summed E-state index contributed by atoms with van der Waals surface area (Å²) in [7, 11) is -3.70. The third kappa shape index (κ3) is 4.72. The number of carbonyl (C=O) groups is 1. The number of sulfonamides is 1. The lowest BCUT2D eigenvalue weighted by Gasteiger charge is -2.22. The van der Waals surface area contributed by atoms with Crippen LogP contribution in [-0.2, 0) is 16.4 Å². The lowest BCUT2D eigenvalue weighted by atomic mass is 10.1. The summed E-state index contributed by atoms with van der Waals surface area (Å²) in [4.78, 5) is 12.7. The molecule has 1 atom stereocenters. The van der Waals surface area contributed by atoms with Gasteiger partial charge in [-0.3, -0.25) is 4.79 Å². The zero-order valence-corrected chi connectivity index (χ0v) is 19.1. The highest BCUT2D eigenvalue weighted by molar-refractivity contribution is 7.89. The van der Waals surface area contributed by atoms with Crippen molar-refractivity contribution in [1.82, 2.24) is 14.5 Å². The molecule has 7 nitrogen and oxygen atoms in total. The average molecular weight is 475 g/mol. The number of rotatable bonds is 7. The van der Waals surface area contributed by atoms with Crippen LogP contribution >= 0.6 is 11.3 Å². The number of benzene rings is 2. The molecule has 0 bridgehead atoms. The van der Waals surface area contributed by atoms with Gasteiger partial charge in [0.15, 0.2) is 0 Å². The first-order valence-electron chi connectivity index (χ1n) is 10.4. The summed E-state index contributed by atoms with van der Waals surface area (Å²) in [6, 6.07) is 11.9. The molecule has 2 heterocycles. The van der Waals surface area contributed by atoms with Gasteiger partial charge >= 0.3 is 0 Å². The number of carbonyl (C=O) groups excluding carboxylic acids is 1.